The standard InChI is InChI=1S/C22H20F2N2O5S/c1-13-9-18(14(2)26(13)3)21(27)12-31-22(28)15-5-4-6-16(10-15)25-32(29,30)17-7-8-19(23)20(24)11-17/h4-11,25H,12H2,1-3H3. The van der Waals surface area contributed by atoms with Gasteiger partial charge in [-0.15, -0.1) is 0 Å². The lowest BCUT2D eigenvalue weighted by Gasteiger charge is -2.10. The number of esters is 1. The number of sulfonamides is 1. The van der Waals surface area contributed by atoms with E-state index < -0.39 is 39.1 Å². The van der Waals surface area contributed by atoms with E-state index in [1.807, 2.05) is 18.5 Å². The smallest absolute Gasteiger partial charge is 0.338 e. The average Bonchev–Trinajstić information content (AvgIpc) is 3.00. The minimum Gasteiger partial charge on any atom is -0.454 e. The molecule has 10 heteroatoms. The molecule has 1 N–H and O–H groups in total. The van der Waals surface area contributed by atoms with Gasteiger partial charge in [-0.05, 0) is 56.3 Å². The number of ketones is 1. The van der Waals surface area contributed by atoms with Crippen molar-refractivity contribution in [1.82, 2.24) is 4.57 Å². The molecule has 0 bridgehead atoms. The van der Waals surface area contributed by atoms with Crippen molar-refractivity contribution in [2.24, 2.45) is 7.05 Å². The maximum atomic E-state index is 13.4. The fraction of sp³-hybridized carbons (Fsp3) is 0.182. The van der Waals surface area contributed by atoms with Crippen LogP contribution in [0.5, 0.6) is 0 Å². The summed E-state index contributed by atoms with van der Waals surface area (Å²) >= 11 is 0. The van der Waals surface area contributed by atoms with Gasteiger partial charge in [-0.25, -0.2) is 22.0 Å². The Hall–Kier alpha value is -3.53. The molecule has 7 nitrogen and oxygen atoms in total. The van der Waals surface area contributed by atoms with Crippen molar-refractivity contribution in [3.63, 3.8) is 0 Å². The first-order valence-electron chi connectivity index (χ1n) is 9.41. The number of nitrogens with zero attached hydrogens (tertiary/aromatic N) is 1. The number of anilines is 1. The molecule has 3 aromatic rings. The number of aromatic nitrogens is 1. The predicted molar refractivity (Wildman–Crippen MR) is 113 cm³/mol. The number of hydrogen-bond acceptors (Lipinski definition) is 5. The molecular formula is C22H20F2N2O5S. The SMILES string of the molecule is Cc1cc(C(=O)COC(=O)c2cccc(NS(=O)(=O)c3ccc(F)c(F)c3)c2)c(C)n1C. The Morgan fingerprint density at radius 3 is 2.38 bits per heavy atom. The van der Waals surface area contributed by atoms with Crippen LogP contribution in [0, 0.1) is 25.5 Å². The Kier molecular flexibility index (Phi) is 6.45. The van der Waals surface area contributed by atoms with E-state index in [-0.39, 0.29) is 17.0 Å². The molecule has 0 saturated heterocycles. The minimum absolute atomic E-state index is 0.00394. The summed E-state index contributed by atoms with van der Waals surface area (Å²) in [5, 5.41) is 0. The van der Waals surface area contributed by atoms with Gasteiger partial charge in [0, 0.05) is 29.7 Å². The molecule has 0 spiro atoms. The molecule has 1 heterocycles. The van der Waals surface area contributed by atoms with Crippen molar-refractivity contribution in [3.05, 3.63) is 82.7 Å². The first kappa shape index (κ1) is 23.1. The fourth-order valence-electron chi connectivity index (χ4n) is 3.00. The number of ether oxygens (including phenoxy) is 1. The van der Waals surface area contributed by atoms with E-state index in [1.165, 1.54) is 24.3 Å². The van der Waals surface area contributed by atoms with E-state index in [2.05, 4.69) is 4.72 Å². The van der Waals surface area contributed by atoms with Crippen LogP contribution in [0.25, 0.3) is 0 Å². The highest BCUT2D eigenvalue weighted by Gasteiger charge is 2.19. The number of halogens is 2. The Labute approximate surface area is 183 Å². The van der Waals surface area contributed by atoms with Crippen molar-refractivity contribution in [1.29, 1.82) is 0 Å². The quantitative estimate of drug-likeness (QED) is 0.426. The molecule has 0 atom stereocenters. The van der Waals surface area contributed by atoms with E-state index in [1.54, 1.807) is 13.0 Å². The first-order chi connectivity index (χ1) is 15.0. The van der Waals surface area contributed by atoms with Crippen LogP contribution in [0.2, 0.25) is 0 Å². The minimum atomic E-state index is -4.23. The first-order valence-corrected chi connectivity index (χ1v) is 10.9. The molecule has 3 rings (SSSR count). The lowest BCUT2D eigenvalue weighted by Crippen LogP contribution is -2.16. The Bertz CT molecular complexity index is 1320. The third-order valence-corrected chi connectivity index (χ3v) is 6.34. The molecule has 0 aliphatic heterocycles. The summed E-state index contributed by atoms with van der Waals surface area (Å²) in [6.07, 6.45) is 0. The van der Waals surface area contributed by atoms with Gasteiger partial charge < -0.3 is 9.30 Å². The second-order valence-electron chi connectivity index (χ2n) is 7.11. The topological polar surface area (TPSA) is 94.5 Å². The summed E-state index contributed by atoms with van der Waals surface area (Å²) in [6.45, 7) is 3.15. The van der Waals surface area contributed by atoms with Crippen LogP contribution in [-0.4, -0.2) is 31.3 Å². The number of carbonyl (C=O) groups excluding carboxylic acids is 2. The number of aryl methyl sites for hydroxylation is 1. The van der Waals surface area contributed by atoms with Crippen LogP contribution in [0.1, 0.15) is 32.1 Å². The molecule has 32 heavy (non-hydrogen) atoms. The molecule has 0 aliphatic rings. The zero-order valence-electron chi connectivity index (χ0n) is 17.5. The molecule has 0 saturated carbocycles. The summed E-state index contributed by atoms with van der Waals surface area (Å²) in [7, 11) is -2.41. The highest BCUT2D eigenvalue weighted by atomic mass is 32.2. The van der Waals surface area contributed by atoms with Crippen molar-refractivity contribution >= 4 is 27.5 Å². The fourth-order valence-corrected chi connectivity index (χ4v) is 4.06. The second-order valence-corrected chi connectivity index (χ2v) is 8.79. The number of carbonyl (C=O) groups is 2. The molecule has 1 aromatic heterocycles. The number of nitrogens with one attached hydrogen (secondary N) is 1. The second kappa shape index (κ2) is 8.91. The van der Waals surface area contributed by atoms with Gasteiger partial charge in [-0.3, -0.25) is 9.52 Å². The summed E-state index contributed by atoms with van der Waals surface area (Å²) < 4.78 is 60.4. The molecule has 2 aromatic carbocycles. The lowest BCUT2D eigenvalue weighted by molar-refractivity contribution is 0.0474. The van der Waals surface area contributed by atoms with Crippen molar-refractivity contribution in [2.75, 3.05) is 11.3 Å². The van der Waals surface area contributed by atoms with Gasteiger partial charge in [0.2, 0.25) is 5.78 Å². The van der Waals surface area contributed by atoms with E-state index in [9.17, 15) is 26.8 Å². The highest BCUT2D eigenvalue weighted by molar-refractivity contribution is 7.92. The molecule has 0 radical (unpaired) electrons. The lowest BCUT2D eigenvalue weighted by atomic mass is 10.1. The van der Waals surface area contributed by atoms with E-state index >= 15 is 0 Å². The normalized spacial score (nSPS) is 11.3. The van der Waals surface area contributed by atoms with Crippen LogP contribution in [0.15, 0.2) is 53.4 Å². The zero-order valence-corrected chi connectivity index (χ0v) is 18.3. The molecule has 0 amide bonds. The zero-order chi connectivity index (χ0) is 23.6. The van der Waals surface area contributed by atoms with Crippen LogP contribution in [0.4, 0.5) is 14.5 Å². The van der Waals surface area contributed by atoms with Crippen LogP contribution < -0.4 is 4.72 Å². The van der Waals surface area contributed by atoms with Crippen molar-refractivity contribution in [3.8, 4) is 0 Å². The van der Waals surface area contributed by atoms with E-state index in [0.717, 1.165) is 17.5 Å². The van der Waals surface area contributed by atoms with Crippen LogP contribution >= 0.6 is 0 Å². The number of Topliss-reactive ketones (excluding diaryl/α,β-unsaturated/α-hetero) is 1. The number of rotatable bonds is 7. The van der Waals surface area contributed by atoms with Gasteiger partial charge in [0.25, 0.3) is 10.0 Å². The van der Waals surface area contributed by atoms with Gasteiger partial charge in [0.15, 0.2) is 18.2 Å². The number of benzene rings is 2. The maximum Gasteiger partial charge on any atom is 0.338 e. The summed E-state index contributed by atoms with van der Waals surface area (Å²) in [6, 6.07) is 9.25. The van der Waals surface area contributed by atoms with Crippen LogP contribution in [-0.2, 0) is 21.8 Å². The average molecular weight is 462 g/mol. The maximum absolute atomic E-state index is 13.4. The molecular weight excluding hydrogens is 442 g/mol. The molecule has 0 fully saturated rings. The van der Waals surface area contributed by atoms with Gasteiger partial charge >= 0.3 is 5.97 Å². The van der Waals surface area contributed by atoms with Gasteiger partial charge in [-0.1, -0.05) is 6.07 Å². The van der Waals surface area contributed by atoms with Crippen molar-refractivity contribution < 1.29 is 31.5 Å². The summed E-state index contributed by atoms with van der Waals surface area (Å²) in [5.74, 6) is -3.67. The Morgan fingerprint density at radius 1 is 1.03 bits per heavy atom. The third kappa shape index (κ3) is 4.86. The van der Waals surface area contributed by atoms with Gasteiger partial charge in [0.05, 0.1) is 10.5 Å². The summed E-state index contributed by atoms with van der Waals surface area (Å²) in [4.78, 5) is 24.3. The molecule has 0 aliphatic carbocycles. The Balaban J connectivity index is 1.71. The molecule has 168 valence electrons. The van der Waals surface area contributed by atoms with Gasteiger partial charge in [-0.2, -0.15) is 0 Å². The van der Waals surface area contributed by atoms with Crippen molar-refractivity contribution in [2.45, 2.75) is 18.7 Å². The molecule has 0 unspecified atom stereocenters. The third-order valence-electron chi connectivity index (χ3n) is 4.96. The monoisotopic (exact) mass is 462 g/mol. The predicted octanol–water partition coefficient (Wildman–Crippen LogP) is 3.76. The van der Waals surface area contributed by atoms with Crippen LogP contribution in [0.3, 0.4) is 0 Å². The van der Waals surface area contributed by atoms with Gasteiger partial charge in [0.1, 0.15) is 0 Å². The largest absolute Gasteiger partial charge is 0.454 e. The van der Waals surface area contributed by atoms with E-state index in [4.69, 9.17) is 4.74 Å². The van der Waals surface area contributed by atoms with E-state index in [0.29, 0.717) is 17.7 Å². The number of hydrogen-bond donors (Lipinski definition) is 1. The highest BCUT2D eigenvalue weighted by Crippen LogP contribution is 2.20. The Morgan fingerprint density at radius 2 is 1.75 bits per heavy atom. The summed E-state index contributed by atoms with van der Waals surface area (Å²) in [5.41, 5.74) is 2.09.